The van der Waals surface area contributed by atoms with Gasteiger partial charge < -0.3 is 15.0 Å². The molecule has 0 radical (unpaired) electrons. The lowest BCUT2D eigenvalue weighted by molar-refractivity contribution is -0.177. The molecule has 7 nitrogen and oxygen atoms in total. The van der Waals surface area contributed by atoms with Crippen LogP contribution in [0.2, 0.25) is 0 Å². The number of alkyl halides is 3. The highest BCUT2D eigenvalue weighted by molar-refractivity contribution is 6.03. The quantitative estimate of drug-likeness (QED) is 0.806. The van der Waals surface area contributed by atoms with E-state index in [0.29, 0.717) is 22.7 Å². The number of halogens is 3. The van der Waals surface area contributed by atoms with Crippen LogP contribution in [0.3, 0.4) is 0 Å². The molecule has 1 aliphatic heterocycles. The number of ether oxygens (including phenoxy) is 1. The van der Waals surface area contributed by atoms with Crippen molar-refractivity contribution in [2.24, 2.45) is 13.0 Å². The number of likely N-dealkylation sites (N-methyl/N-ethyl adjacent to an activating group) is 1. The molecule has 4 rings (SSSR count). The van der Waals surface area contributed by atoms with E-state index in [1.807, 2.05) is 0 Å². The molecule has 2 aliphatic rings. The van der Waals surface area contributed by atoms with Crippen molar-refractivity contribution in [1.82, 2.24) is 15.1 Å². The van der Waals surface area contributed by atoms with Gasteiger partial charge in [-0.3, -0.25) is 14.3 Å². The number of benzene rings is 1. The van der Waals surface area contributed by atoms with Crippen molar-refractivity contribution >= 4 is 17.5 Å². The molecule has 30 heavy (non-hydrogen) atoms. The average molecular weight is 422 g/mol. The first-order valence-corrected chi connectivity index (χ1v) is 9.58. The van der Waals surface area contributed by atoms with Gasteiger partial charge in [-0.15, -0.1) is 0 Å². The zero-order valence-electron chi connectivity index (χ0n) is 16.5. The third-order valence-electron chi connectivity index (χ3n) is 5.70. The Morgan fingerprint density at radius 3 is 2.73 bits per heavy atom. The Morgan fingerprint density at radius 1 is 1.27 bits per heavy atom. The van der Waals surface area contributed by atoms with Gasteiger partial charge >= 0.3 is 6.18 Å². The lowest BCUT2D eigenvalue weighted by atomic mass is 9.85. The fraction of sp³-hybridized carbons (Fsp3) is 0.450. The van der Waals surface area contributed by atoms with Gasteiger partial charge in [0.2, 0.25) is 0 Å². The summed E-state index contributed by atoms with van der Waals surface area (Å²) in [7, 11) is 3.18. The predicted molar refractivity (Wildman–Crippen MR) is 101 cm³/mol. The minimum absolute atomic E-state index is 0.0326. The third kappa shape index (κ3) is 3.50. The average Bonchev–Trinajstić information content (AvgIpc) is 3.00. The third-order valence-corrected chi connectivity index (χ3v) is 5.70. The van der Waals surface area contributed by atoms with Crippen molar-refractivity contribution in [3.63, 3.8) is 0 Å². The van der Waals surface area contributed by atoms with Gasteiger partial charge in [-0.2, -0.15) is 18.3 Å². The lowest BCUT2D eigenvalue weighted by Crippen LogP contribution is -2.49. The topological polar surface area (TPSA) is 76.5 Å². The maximum atomic E-state index is 13.2. The number of nitrogens with zero attached hydrogens (tertiary/aromatic N) is 3. The Morgan fingerprint density at radius 2 is 2.00 bits per heavy atom. The van der Waals surface area contributed by atoms with Crippen LogP contribution in [0, 0.1) is 5.92 Å². The molecule has 1 aromatic carbocycles. The number of fused-ring (bicyclic) bond motifs is 2. The number of para-hydroxylation sites is 2. The second-order valence-corrected chi connectivity index (χ2v) is 7.58. The number of hydrogen-bond donors (Lipinski definition) is 1. The van der Waals surface area contributed by atoms with Crippen LogP contribution in [0.1, 0.15) is 28.2 Å². The van der Waals surface area contributed by atoms with Gasteiger partial charge in [-0.1, -0.05) is 12.1 Å². The summed E-state index contributed by atoms with van der Waals surface area (Å²) in [6.45, 7) is -0.0911. The molecule has 2 atom stereocenters. The summed E-state index contributed by atoms with van der Waals surface area (Å²) in [6.07, 6.45) is -4.47. The van der Waals surface area contributed by atoms with E-state index in [4.69, 9.17) is 4.74 Å². The number of aromatic nitrogens is 2. The second-order valence-electron chi connectivity index (χ2n) is 7.58. The van der Waals surface area contributed by atoms with Gasteiger partial charge in [0.25, 0.3) is 11.8 Å². The van der Waals surface area contributed by atoms with Gasteiger partial charge in [0.05, 0.1) is 11.6 Å². The zero-order chi connectivity index (χ0) is 21.6. The maximum absolute atomic E-state index is 13.2. The minimum Gasteiger partial charge on any atom is -0.489 e. The summed E-state index contributed by atoms with van der Waals surface area (Å²) in [5.74, 6) is -2.07. The van der Waals surface area contributed by atoms with Crippen molar-refractivity contribution in [3.8, 4) is 5.75 Å². The van der Waals surface area contributed by atoms with Crippen LogP contribution in [-0.4, -0.2) is 47.5 Å². The normalized spacial score (nSPS) is 21.4. The zero-order valence-corrected chi connectivity index (χ0v) is 16.5. The molecule has 10 heteroatoms. The van der Waals surface area contributed by atoms with Crippen molar-refractivity contribution in [2.45, 2.75) is 31.5 Å². The van der Waals surface area contributed by atoms with Crippen molar-refractivity contribution < 1.29 is 27.5 Å². The number of anilines is 1. The number of carbonyl (C=O) groups excluding carboxylic acids is 2. The fourth-order valence-corrected chi connectivity index (χ4v) is 4.03. The molecule has 1 N–H and O–H groups in total. The number of nitrogens with one attached hydrogen (secondary N) is 1. The summed E-state index contributed by atoms with van der Waals surface area (Å²) in [6, 6.07) is 5.99. The number of aryl methyl sites for hydroxylation is 1. The fourth-order valence-electron chi connectivity index (χ4n) is 4.03. The van der Waals surface area contributed by atoms with Crippen molar-refractivity contribution in [2.75, 3.05) is 18.6 Å². The van der Waals surface area contributed by atoms with Gasteiger partial charge in [0, 0.05) is 25.4 Å². The van der Waals surface area contributed by atoms with E-state index in [9.17, 15) is 22.8 Å². The smallest absolute Gasteiger partial charge is 0.392 e. The monoisotopic (exact) mass is 422 g/mol. The van der Waals surface area contributed by atoms with Gasteiger partial charge in [-0.05, 0) is 31.4 Å². The Balaban J connectivity index is 1.56. The molecule has 1 aromatic heterocycles. The SMILES string of the molecule is CN1C(=O)[C@@H](NC(=O)c2nn(C)c3c2C[C@@H](C(F)(F)F)CC3)COc2ccccc21. The van der Waals surface area contributed by atoms with Crippen LogP contribution in [0.15, 0.2) is 24.3 Å². The first kappa shape index (κ1) is 20.2. The number of hydrogen-bond acceptors (Lipinski definition) is 4. The first-order valence-electron chi connectivity index (χ1n) is 9.58. The minimum atomic E-state index is -4.33. The number of rotatable bonds is 2. The highest BCUT2D eigenvalue weighted by Crippen LogP contribution is 2.38. The molecule has 0 saturated heterocycles. The van der Waals surface area contributed by atoms with Crippen molar-refractivity contribution in [1.29, 1.82) is 0 Å². The van der Waals surface area contributed by atoms with Crippen LogP contribution in [0.5, 0.6) is 5.75 Å². The van der Waals surface area contributed by atoms with Gasteiger partial charge in [0.1, 0.15) is 18.4 Å². The summed E-state index contributed by atoms with van der Waals surface area (Å²) in [5.41, 5.74) is 1.41. The van der Waals surface area contributed by atoms with Crippen LogP contribution in [0.4, 0.5) is 18.9 Å². The molecule has 2 heterocycles. The van der Waals surface area contributed by atoms with E-state index in [1.165, 1.54) is 9.58 Å². The Kier molecular flexibility index (Phi) is 4.95. The maximum Gasteiger partial charge on any atom is 0.392 e. The molecular formula is C20H21F3N4O3. The highest BCUT2D eigenvalue weighted by atomic mass is 19.4. The molecule has 1 aliphatic carbocycles. The predicted octanol–water partition coefficient (Wildman–Crippen LogP) is 2.24. The Hall–Kier alpha value is -3.04. The van der Waals surface area contributed by atoms with Crippen molar-refractivity contribution in [3.05, 3.63) is 41.2 Å². The molecule has 2 aromatic rings. The lowest BCUT2D eigenvalue weighted by Gasteiger charge is -2.25. The number of carbonyl (C=O) groups is 2. The van der Waals surface area contributed by atoms with E-state index in [0.717, 1.165) is 0 Å². The summed E-state index contributed by atoms with van der Waals surface area (Å²) in [4.78, 5) is 27.1. The van der Waals surface area contributed by atoms with Crippen LogP contribution in [-0.2, 0) is 24.7 Å². The summed E-state index contributed by atoms with van der Waals surface area (Å²) < 4.78 is 46.8. The largest absolute Gasteiger partial charge is 0.489 e. The molecule has 0 spiro atoms. The highest BCUT2D eigenvalue weighted by Gasteiger charge is 2.43. The molecule has 0 unspecified atom stereocenters. The van der Waals surface area contributed by atoms with Crippen LogP contribution < -0.4 is 15.0 Å². The van der Waals surface area contributed by atoms with E-state index in [-0.39, 0.29) is 37.5 Å². The Bertz CT molecular complexity index is 1000. The van der Waals surface area contributed by atoms with E-state index in [1.54, 1.807) is 38.4 Å². The molecule has 0 fully saturated rings. The van der Waals surface area contributed by atoms with Gasteiger partial charge in [0.15, 0.2) is 5.69 Å². The molecule has 160 valence electrons. The molecule has 0 saturated carbocycles. The van der Waals surface area contributed by atoms with E-state index < -0.39 is 24.0 Å². The van der Waals surface area contributed by atoms with E-state index >= 15 is 0 Å². The molecule has 2 amide bonds. The van der Waals surface area contributed by atoms with Gasteiger partial charge in [-0.25, -0.2) is 0 Å². The number of amides is 2. The Labute approximate surface area is 170 Å². The summed E-state index contributed by atoms with van der Waals surface area (Å²) in [5, 5.41) is 6.75. The molecule has 0 bridgehead atoms. The van der Waals surface area contributed by atoms with E-state index in [2.05, 4.69) is 10.4 Å². The van der Waals surface area contributed by atoms with Crippen LogP contribution >= 0.6 is 0 Å². The summed E-state index contributed by atoms with van der Waals surface area (Å²) >= 11 is 0. The standard InChI is InChI=1S/C20H21F3N4O3/c1-26-15-5-3-4-6-16(15)30-10-13(19(26)29)24-18(28)17-12-9-11(20(21,22)23)7-8-14(12)27(2)25-17/h3-6,11,13H,7-10H2,1-2H3,(H,24,28)/t11-,13-/m0/s1. The molecular weight excluding hydrogens is 401 g/mol. The first-order chi connectivity index (χ1) is 14.2. The van der Waals surface area contributed by atoms with Crippen LogP contribution in [0.25, 0.3) is 0 Å². The second kappa shape index (κ2) is 7.33.